The van der Waals surface area contributed by atoms with Gasteiger partial charge in [0.2, 0.25) is 0 Å². The largest absolute Gasteiger partial charge is 0.484 e. The molecule has 104 valence electrons. The summed E-state index contributed by atoms with van der Waals surface area (Å²) in [5.74, 6) is 1.07. The summed E-state index contributed by atoms with van der Waals surface area (Å²) in [6.45, 7) is 4.65. The van der Waals surface area contributed by atoms with Gasteiger partial charge >= 0.3 is 5.69 Å². The van der Waals surface area contributed by atoms with Crippen molar-refractivity contribution in [2.24, 2.45) is 5.92 Å². The highest BCUT2D eigenvalue weighted by Crippen LogP contribution is 2.32. The molecule has 5 nitrogen and oxygen atoms in total. The number of nitro groups is 1. The smallest absolute Gasteiger partial charge is 0.311 e. The van der Waals surface area contributed by atoms with Crippen LogP contribution in [0.15, 0.2) is 18.2 Å². The SMILES string of the molecule is CC(C)Oc1cc(NCC2CCC2)ccc1[N+](=O)[O-]. The lowest BCUT2D eigenvalue weighted by molar-refractivity contribution is -0.386. The quantitative estimate of drug-likeness (QED) is 0.630. The third-order valence-electron chi connectivity index (χ3n) is 3.34. The lowest BCUT2D eigenvalue weighted by atomic mass is 9.85. The molecule has 19 heavy (non-hydrogen) atoms. The first-order valence-electron chi connectivity index (χ1n) is 6.75. The Hall–Kier alpha value is -1.78. The molecular formula is C14H20N2O3. The van der Waals surface area contributed by atoms with Crippen molar-refractivity contribution in [3.05, 3.63) is 28.3 Å². The van der Waals surface area contributed by atoms with E-state index in [1.54, 1.807) is 12.1 Å². The average Bonchev–Trinajstić information content (AvgIpc) is 2.25. The van der Waals surface area contributed by atoms with Gasteiger partial charge in [-0.2, -0.15) is 0 Å². The zero-order valence-corrected chi connectivity index (χ0v) is 11.4. The molecule has 0 aromatic heterocycles. The van der Waals surface area contributed by atoms with E-state index in [4.69, 9.17) is 4.74 Å². The first-order chi connectivity index (χ1) is 9.06. The van der Waals surface area contributed by atoms with Crippen LogP contribution in [0.2, 0.25) is 0 Å². The topological polar surface area (TPSA) is 64.4 Å². The summed E-state index contributed by atoms with van der Waals surface area (Å²) in [5, 5.41) is 14.3. The number of nitrogens with one attached hydrogen (secondary N) is 1. The first kappa shape index (κ1) is 13.6. The molecule has 0 amide bonds. The summed E-state index contributed by atoms with van der Waals surface area (Å²) in [5.41, 5.74) is 0.899. The lowest BCUT2D eigenvalue weighted by Gasteiger charge is -2.26. The van der Waals surface area contributed by atoms with E-state index in [2.05, 4.69) is 5.32 Å². The van der Waals surface area contributed by atoms with Crippen LogP contribution in [-0.4, -0.2) is 17.6 Å². The van der Waals surface area contributed by atoms with Crippen LogP contribution in [0.25, 0.3) is 0 Å². The molecule has 0 spiro atoms. The van der Waals surface area contributed by atoms with Gasteiger partial charge in [0, 0.05) is 24.4 Å². The molecule has 0 aliphatic heterocycles. The highest BCUT2D eigenvalue weighted by Gasteiger charge is 2.19. The molecule has 2 rings (SSSR count). The Morgan fingerprint density at radius 2 is 2.21 bits per heavy atom. The van der Waals surface area contributed by atoms with Crippen molar-refractivity contribution in [1.82, 2.24) is 0 Å². The van der Waals surface area contributed by atoms with Gasteiger partial charge in [0.1, 0.15) is 0 Å². The Morgan fingerprint density at radius 1 is 1.47 bits per heavy atom. The number of rotatable bonds is 6. The van der Waals surface area contributed by atoms with Gasteiger partial charge in [-0.3, -0.25) is 10.1 Å². The van der Waals surface area contributed by atoms with Crippen LogP contribution in [-0.2, 0) is 0 Å². The molecule has 0 radical (unpaired) electrons. The van der Waals surface area contributed by atoms with Crippen LogP contribution in [0.1, 0.15) is 33.1 Å². The standard InChI is InChI=1S/C14H20N2O3/c1-10(2)19-14-8-12(6-7-13(14)16(17)18)15-9-11-4-3-5-11/h6-8,10-11,15H,3-5,9H2,1-2H3. The van der Waals surface area contributed by atoms with Gasteiger partial charge in [-0.05, 0) is 38.7 Å². The van der Waals surface area contributed by atoms with Crippen molar-refractivity contribution in [3.63, 3.8) is 0 Å². The van der Waals surface area contributed by atoms with Crippen LogP contribution in [0, 0.1) is 16.0 Å². The van der Waals surface area contributed by atoms with E-state index >= 15 is 0 Å². The van der Waals surface area contributed by atoms with Gasteiger partial charge in [0.05, 0.1) is 11.0 Å². The summed E-state index contributed by atoms with van der Waals surface area (Å²) >= 11 is 0. The second-order valence-electron chi connectivity index (χ2n) is 5.28. The summed E-state index contributed by atoms with van der Waals surface area (Å²) in [6, 6.07) is 4.96. The number of anilines is 1. The predicted octanol–water partition coefficient (Wildman–Crippen LogP) is 3.59. The lowest BCUT2D eigenvalue weighted by Crippen LogP contribution is -2.20. The van der Waals surface area contributed by atoms with Crippen molar-refractivity contribution >= 4 is 11.4 Å². The van der Waals surface area contributed by atoms with Crippen molar-refractivity contribution in [3.8, 4) is 5.75 Å². The van der Waals surface area contributed by atoms with Gasteiger partial charge in [-0.15, -0.1) is 0 Å². The second kappa shape index (κ2) is 5.91. The van der Waals surface area contributed by atoms with E-state index in [1.165, 1.54) is 25.3 Å². The van der Waals surface area contributed by atoms with Gasteiger partial charge < -0.3 is 10.1 Å². The second-order valence-corrected chi connectivity index (χ2v) is 5.28. The molecule has 1 N–H and O–H groups in total. The highest BCUT2D eigenvalue weighted by atomic mass is 16.6. The number of nitro benzene ring substituents is 1. The first-order valence-corrected chi connectivity index (χ1v) is 6.75. The Morgan fingerprint density at radius 3 is 2.74 bits per heavy atom. The minimum absolute atomic E-state index is 0.0166. The molecule has 1 fully saturated rings. The minimum atomic E-state index is -0.409. The van der Waals surface area contributed by atoms with Gasteiger partial charge in [0.25, 0.3) is 0 Å². The van der Waals surface area contributed by atoms with E-state index in [0.29, 0.717) is 5.75 Å². The molecule has 0 atom stereocenters. The minimum Gasteiger partial charge on any atom is -0.484 e. The van der Waals surface area contributed by atoms with Gasteiger partial charge in [-0.1, -0.05) is 6.42 Å². The van der Waals surface area contributed by atoms with Crippen LogP contribution < -0.4 is 10.1 Å². The van der Waals surface area contributed by atoms with E-state index in [1.807, 2.05) is 13.8 Å². The Bertz CT molecular complexity index is 456. The predicted molar refractivity (Wildman–Crippen MR) is 74.7 cm³/mol. The molecule has 1 aliphatic carbocycles. The Labute approximate surface area is 113 Å². The fraction of sp³-hybridized carbons (Fsp3) is 0.571. The van der Waals surface area contributed by atoms with Crippen LogP contribution >= 0.6 is 0 Å². The van der Waals surface area contributed by atoms with E-state index < -0.39 is 4.92 Å². The average molecular weight is 264 g/mol. The molecule has 1 aliphatic rings. The third kappa shape index (κ3) is 3.59. The number of benzene rings is 1. The maximum Gasteiger partial charge on any atom is 0.311 e. The number of nitrogens with zero attached hydrogens (tertiary/aromatic N) is 1. The van der Waals surface area contributed by atoms with Crippen LogP contribution in [0.5, 0.6) is 5.75 Å². The molecule has 1 aromatic rings. The molecule has 1 saturated carbocycles. The molecule has 0 unspecified atom stereocenters. The van der Waals surface area contributed by atoms with Crippen molar-refractivity contribution in [1.29, 1.82) is 0 Å². The van der Waals surface area contributed by atoms with Crippen LogP contribution in [0.4, 0.5) is 11.4 Å². The van der Waals surface area contributed by atoms with Crippen molar-refractivity contribution in [2.75, 3.05) is 11.9 Å². The van der Waals surface area contributed by atoms with E-state index in [9.17, 15) is 10.1 Å². The monoisotopic (exact) mass is 264 g/mol. The number of ether oxygens (including phenoxy) is 1. The summed E-state index contributed by atoms with van der Waals surface area (Å²) in [7, 11) is 0. The zero-order valence-electron chi connectivity index (χ0n) is 11.4. The highest BCUT2D eigenvalue weighted by molar-refractivity contribution is 5.58. The number of hydrogen-bond acceptors (Lipinski definition) is 4. The van der Waals surface area contributed by atoms with Crippen molar-refractivity contribution < 1.29 is 9.66 Å². The maximum atomic E-state index is 10.9. The maximum absolute atomic E-state index is 10.9. The van der Waals surface area contributed by atoms with Crippen LogP contribution in [0.3, 0.4) is 0 Å². The number of hydrogen-bond donors (Lipinski definition) is 1. The summed E-state index contributed by atoms with van der Waals surface area (Å²) in [4.78, 5) is 10.5. The Kier molecular flexibility index (Phi) is 4.24. The van der Waals surface area contributed by atoms with E-state index in [0.717, 1.165) is 18.2 Å². The van der Waals surface area contributed by atoms with Gasteiger partial charge in [-0.25, -0.2) is 0 Å². The fourth-order valence-corrected chi connectivity index (χ4v) is 2.08. The summed E-state index contributed by atoms with van der Waals surface area (Å²) in [6.07, 6.45) is 3.78. The molecule has 0 saturated heterocycles. The Balaban J connectivity index is 2.09. The molecular weight excluding hydrogens is 244 g/mol. The zero-order chi connectivity index (χ0) is 13.8. The summed E-state index contributed by atoms with van der Waals surface area (Å²) < 4.78 is 5.51. The normalized spacial score (nSPS) is 15.1. The fourth-order valence-electron chi connectivity index (χ4n) is 2.08. The molecule has 0 bridgehead atoms. The molecule has 1 aromatic carbocycles. The van der Waals surface area contributed by atoms with Crippen molar-refractivity contribution in [2.45, 2.75) is 39.2 Å². The van der Waals surface area contributed by atoms with E-state index in [-0.39, 0.29) is 11.8 Å². The molecule has 5 heteroatoms. The van der Waals surface area contributed by atoms with Gasteiger partial charge in [0.15, 0.2) is 5.75 Å². The third-order valence-corrected chi connectivity index (χ3v) is 3.34. The molecule has 0 heterocycles.